The molecule has 0 spiro atoms. The highest BCUT2D eigenvalue weighted by Crippen LogP contribution is 2.17. The number of rotatable bonds is 3. The van der Waals surface area contributed by atoms with Crippen LogP contribution in [0.1, 0.15) is 5.56 Å². The van der Waals surface area contributed by atoms with Gasteiger partial charge in [0.1, 0.15) is 5.75 Å². The summed E-state index contributed by atoms with van der Waals surface area (Å²) >= 11 is 0. The van der Waals surface area contributed by atoms with Gasteiger partial charge >= 0.3 is 6.03 Å². The molecule has 2 aromatic rings. The number of benzene rings is 1. The fourth-order valence-electron chi connectivity index (χ4n) is 1.63. The van der Waals surface area contributed by atoms with Crippen LogP contribution in [0, 0.1) is 0 Å². The molecule has 19 heavy (non-hydrogen) atoms. The number of anilines is 1. The maximum absolute atomic E-state index is 11.9. The second kappa shape index (κ2) is 5.86. The topological polar surface area (TPSA) is 65.5 Å². The Morgan fingerprint density at radius 2 is 2.11 bits per heavy atom. The number of nitrogens with one attached hydrogen (secondary N) is 1. The molecule has 1 aromatic heterocycles. The minimum atomic E-state index is -0.253. The number of amides is 2. The molecule has 0 aliphatic rings. The molecule has 0 atom stereocenters. The third-order valence-electron chi connectivity index (χ3n) is 2.66. The molecule has 0 fully saturated rings. The summed E-state index contributed by atoms with van der Waals surface area (Å²) in [6.45, 7) is 0.332. The summed E-state index contributed by atoms with van der Waals surface area (Å²) in [6, 6.07) is 10.2. The van der Waals surface area contributed by atoms with Crippen molar-refractivity contribution >= 4 is 11.7 Å². The Morgan fingerprint density at radius 3 is 2.79 bits per heavy atom. The van der Waals surface area contributed by atoms with E-state index in [4.69, 9.17) is 0 Å². The Balaban J connectivity index is 1.98. The fraction of sp³-hybridized carbons (Fsp3) is 0.143. The third kappa shape index (κ3) is 3.45. The van der Waals surface area contributed by atoms with Crippen LogP contribution in [0.5, 0.6) is 5.75 Å². The van der Waals surface area contributed by atoms with E-state index in [0.717, 1.165) is 0 Å². The zero-order valence-electron chi connectivity index (χ0n) is 10.6. The molecule has 1 aromatic carbocycles. The number of hydrogen-bond donors (Lipinski definition) is 2. The number of hydrogen-bond acceptors (Lipinski definition) is 3. The van der Waals surface area contributed by atoms with Gasteiger partial charge in [-0.05, 0) is 18.2 Å². The Labute approximate surface area is 111 Å². The molecule has 98 valence electrons. The van der Waals surface area contributed by atoms with Gasteiger partial charge in [-0.1, -0.05) is 18.2 Å². The number of aromatic hydroxyl groups is 1. The number of carbonyl (C=O) groups is 1. The number of aromatic nitrogens is 1. The fourth-order valence-corrected chi connectivity index (χ4v) is 1.63. The molecule has 5 heteroatoms. The van der Waals surface area contributed by atoms with E-state index in [1.54, 1.807) is 49.8 Å². The van der Waals surface area contributed by atoms with Gasteiger partial charge in [-0.15, -0.1) is 0 Å². The van der Waals surface area contributed by atoms with Crippen molar-refractivity contribution in [1.82, 2.24) is 9.88 Å². The summed E-state index contributed by atoms with van der Waals surface area (Å²) in [4.78, 5) is 17.3. The monoisotopic (exact) mass is 257 g/mol. The van der Waals surface area contributed by atoms with Crippen molar-refractivity contribution in [2.75, 3.05) is 12.4 Å². The van der Waals surface area contributed by atoms with Crippen molar-refractivity contribution < 1.29 is 9.90 Å². The van der Waals surface area contributed by atoms with Crippen LogP contribution in [-0.2, 0) is 6.54 Å². The van der Waals surface area contributed by atoms with Crippen molar-refractivity contribution in [3.05, 3.63) is 54.4 Å². The van der Waals surface area contributed by atoms with Crippen LogP contribution in [0.15, 0.2) is 48.8 Å². The number of urea groups is 1. The molecule has 0 radical (unpaired) electrons. The molecule has 0 aliphatic carbocycles. The predicted octanol–water partition coefficient (Wildman–Crippen LogP) is 2.45. The number of pyridine rings is 1. The Hall–Kier alpha value is -2.56. The molecule has 0 aliphatic heterocycles. The minimum absolute atomic E-state index is 0.184. The molecule has 0 unspecified atom stereocenters. The molecule has 0 bridgehead atoms. The highest BCUT2D eigenvalue weighted by molar-refractivity contribution is 5.88. The Morgan fingerprint density at radius 1 is 1.32 bits per heavy atom. The SMILES string of the molecule is CN(Cc1ccccc1O)C(=O)Nc1cccnc1. The average molecular weight is 257 g/mol. The molecule has 2 rings (SSSR count). The maximum atomic E-state index is 11.9. The van der Waals surface area contributed by atoms with Gasteiger partial charge in [0.25, 0.3) is 0 Å². The van der Waals surface area contributed by atoms with Crippen molar-refractivity contribution in [2.45, 2.75) is 6.54 Å². The van der Waals surface area contributed by atoms with Crippen LogP contribution in [0.3, 0.4) is 0 Å². The van der Waals surface area contributed by atoms with Crippen LogP contribution < -0.4 is 5.32 Å². The lowest BCUT2D eigenvalue weighted by Crippen LogP contribution is -2.30. The van der Waals surface area contributed by atoms with E-state index >= 15 is 0 Å². The molecule has 0 saturated carbocycles. The molecule has 1 heterocycles. The van der Waals surface area contributed by atoms with E-state index in [9.17, 15) is 9.90 Å². The van der Waals surface area contributed by atoms with E-state index in [1.165, 1.54) is 4.90 Å². The first kappa shape index (κ1) is 12.9. The van der Waals surface area contributed by atoms with Gasteiger partial charge in [0.15, 0.2) is 0 Å². The van der Waals surface area contributed by atoms with E-state index in [-0.39, 0.29) is 11.8 Å². The lowest BCUT2D eigenvalue weighted by molar-refractivity contribution is 0.220. The van der Waals surface area contributed by atoms with E-state index in [1.807, 2.05) is 6.07 Å². The highest BCUT2D eigenvalue weighted by atomic mass is 16.3. The summed E-state index contributed by atoms with van der Waals surface area (Å²) in [6.07, 6.45) is 3.22. The number of phenols is 1. The largest absolute Gasteiger partial charge is 0.508 e. The van der Waals surface area contributed by atoms with Crippen LogP contribution in [-0.4, -0.2) is 28.1 Å². The van der Waals surface area contributed by atoms with E-state index in [0.29, 0.717) is 17.8 Å². The predicted molar refractivity (Wildman–Crippen MR) is 72.8 cm³/mol. The molecule has 2 N–H and O–H groups in total. The molecule has 5 nitrogen and oxygen atoms in total. The third-order valence-corrected chi connectivity index (χ3v) is 2.66. The van der Waals surface area contributed by atoms with Gasteiger partial charge in [-0.3, -0.25) is 4.98 Å². The van der Waals surface area contributed by atoms with Gasteiger partial charge in [0, 0.05) is 18.8 Å². The van der Waals surface area contributed by atoms with Crippen molar-refractivity contribution in [3.8, 4) is 5.75 Å². The lowest BCUT2D eigenvalue weighted by atomic mass is 10.2. The summed E-state index contributed by atoms with van der Waals surface area (Å²) in [5, 5.41) is 12.4. The van der Waals surface area contributed by atoms with E-state index < -0.39 is 0 Å². The van der Waals surface area contributed by atoms with Crippen molar-refractivity contribution in [1.29, 1.82) is 0 Å². The molecular formula is C14H15N3O2. The molecule has 2 amide bonds. The van der Waals surface area contributed by atoms with Gasteiger partial charge in [-0.25, -0.2) is 4.79 Å². The second-order valence-corrected chi connectivity index (χ2v) is 4.16. The number of para-hydroxylation sites is 1. The number of phenolic OH excluding ortho intramolecular Hbond substituents is 1. The van der Waals surface area contributed by atoms with Crippen LogP contribution >= 0.6 is 0 Å². The average Bonchev–Trinajstić information content (AvgIpc) is 2.42. The first-order valence-electron chi connectivity index (χ1n) is 5.86. The zero-order valence-corrected chi connectivity index (χ0v) is 10.6. The normalized spacial score (nSPS) is 9.95. The quantitative estimate of drug-likeness (QED) is 0.887. The Kier molecular flexibility index (Phi) is 3.97. The highest BCUT2D eigenvalue weighted by Gasteiger charge is 2.11. The van der Waals surface area contributed by atoms with Crippen LogP contribution in [0.25, 0.3) is 0 Å². The summed E-state index contributed by atoms with van der Waals surface area (Å²) in [7, 11) is 1.66. The van der Waals surface area contributed by atoms with Gasteiger partial charge < -0.3 is 15.3 Å². The summed E-state index contributed by atoms with van der Waals surface area (Å²) in [5.41, 5.74) is 1.34. The summed E-state index contributed by atoms with van der Waals surface area (Å²) < 4.78 is 0. The van der Waals surface area contributed by atoms with Crippen molar-refractivity contribution in [2.24, 2.45) is 0 Å². The van der Waals surface area contributed by atoms with E-state index in [2.05, 4.69) is 10.3 Å². The maximum Gasteiger partial charge on any atom is 0.321 e. The number of carbonyl (C=O) groups excluding carboxylic acids is 1. The second-order valence-electron chi connectivity index (χ2n) is 4.16. The Bertz CT molecular complexity index is 558. The lowest BCUT2D eigenvalue weighted by Gasteiger charge is -2.18. The van der Waals surface area contributed by atoms with Crippen LogP contribution in [0.4, 0.5) is 10.5 Å². The summed E-state index contributed by atoms with van der Waals surface area (Å²) in [5.74, 6) is 0.184. The van der Waals surface area contributed by atoms with Crippen LogP contribution in [0.2, 0.25) is 0 Å². The van der Waals surface area contributed by atoms with Gasteiger partial charge in [0.05, 0.1) is 18.4 Å². The standard InChI is InChI=1S/C14H15N3O2/c1-17(10-11-5-2-3-7-13(11)18)14(19)16-12-6-4-8-15-9-12/h2-9,18H,10H2,1H3,(H,16,19). The molecule has 0 saturated heterocycles. The van der Waals surface area contributed by atoms with Gasteiger partial charge in [-0.2, -0.15) is 0 Å². The minimum Gasteiger partial charge on any atom is -0.508 e. The van der Waals surface area contributed by atoms with Crippen molar-refractivity contribution in [3.63, 3.8) is 0 Å². The van der Waals surface area contributed by atoms with Gasteiger partial charge in [0.2, 0.25) is 0 Å². The number of nitrogens with zero attached hydrogens (tertiary/aromatic N) is 2. The first-order valence-corrected chi connectivity index (χ1v) is 5.86. The smallest absolute Gasteiger partial charge is 0.321 e. The molecular weight excluding hydrogens is 242 g/mol. The zero-order chi connectivity index (χ0) is 13.7. The first-order chi connectivity index (χ1) is 9.16.